The fourth-order valence-corrected chi connectivity index (χ4v) is 4.62. The predicted molar refractivity (Wildman–Crippen MR) is 124 cm³/mol. The third kappa shape index (κ3) is 4.65. The summed E-state index contributed by atoms with van der Waals surface area (Å²) >= 11 is 0. The van der Waals surface area contributed by atoms with E-state index >= 15 is 0 Å². The average molecular weight is 450 g/mol. The molecule has 1 heterocycles. The molecule has 4 rings (SSSR count). The lowest BCUT2D eigenvalue weighted by molar-refractivity contribution is -0.117. The van der Waals surface area contributed by atoms with Crippen LogP contribution in [0, 0.1) is 6.92 Å². The molecule has 0 aliphatic carbocycles. The second kappa shape index (κ2) is 8.84. The van der Waals surface area contributed by atoms with E-state index in [1.165, 1.54) is 12.1 Å². The van der Waals surface area contributed by atoms with E-state index in [-0.39, 0.29) is 22.1 Å². The second-order valence-electron chi connectivity index (χ2n) is 7.61. The number of carbonyl (C=O) groups is 2. The number of benzene rings is 3. The highest BCUT2D eigenvalue weighted by Gasteiger charge is 2.23. The SMILES string of the molecule is Cc1ccc(NC(=O)c2ccccc2NS(=O)(=O)c2ccc(N3CCCC3=O)cc2)cc1. The van der Waals surface area contributed by atoms with Crippen molar-refractivity contribution in [3.05, 3.63) is 83.9 Å². The first-order valence-corrected chi connectivity index (χ1v) is 11.7. The number of carbonyl (C=O) groups excluding carboxylic acids is 2. The molecule has 2 amide bonds. The van der Waals surface area contributed by atoms with Crippen LogP contribution in [-0.2, 0) is 14.8 Å². The zero-order chi connectivity index (χ0) is 22.7. The highest BCUT2D eigenvalue weighted by atomic mass is 32.2. The minimum atomic E-state index is -3.94. The van der Waals surface area contributed by atoms with Gasteiger partial charge in [-0.25, -0.2) is 8.42 Å². The number of nitrogens with one attached hydrogen (secondary N) is 2. The Hall–Kier alpha value is -3.65. The minimum Gasteiger partial charge on any atom is -0.322 e. The van der Waals surface area contributed by atoms with Crippen molar-refractivity contribution in [1.82, 2.24) is 0 Å². The van der Waals surface area contributed by atoms with Gasteiger partial charge in [-0.15, -0.1) is 0 Å². The lowest BCUT2D eigenvalue weighted by Gasteiger charge is -2.16. The molecule has 32 heavy (non-hydrogen) atoms. The van der Waals surface area contributed by atoms with Crippen molar-refractivity contribution in [1.29, 1.82) is 0 Å². The summed E-state index contributed by atoms with van der Waals surface area (Å²) in [4.78, 5) is 26.4. The fraction of sp³-hybridized carbons (Fsp3) is 0.167. The van der Waals surface area contributed by atoms with Gasteiger partial charge in [0.1, 0.15) is 0 Å². The Morgan fingerprint density at radius 1 is 0.938 bits per heavy atom. The molecule has 0 bridgehead atoms. The Balaban J connectivity index is 1.54. The van der Waals surface area contributed by atoms with E-state index in [1.807, 2.05) is 19.1 Å². The number of amides is 2. The molecule has 1 aliphatic heterocycles. The van der Waals surface area contributed by atoms with E-state index < -0.39 is 15.9 Å². The summed E-state index contributed by atoms with van der Waals surface area (Å²) in [6.45, 7) is 2.58. The van der Waals surface area contributed by atoms with Crippen molar-refractivity contribution in [3.8, 4) is 0 Å². The molecule has 8 heteroatoms. The fourth-order valence-electron chi connectivity index (χ4n) is 3.54. The van der Waals surface area contributed by atoms with Gasteiger partial charge in [0.2, 0.25) is 5.91 Å². The van der Waals surface area contributed by atoms with Crippen LogP contribution in [0.5, 0.6) is 0 Å². The number of hydrogen-bond acceptors (Lipinski definition) is 4. The standard InChI is InChI=1S/C24H23N3O4S/c1-17-8-10-18(11-9-17)25-24(29)21-5-2-3-6-22(21)26-32(30,31)20-14-12-19(13-15-20)27-16-4-7-23(27)28/h2-3,5-6,8-15,26H,4,7,16H2,1H3,(H,25,29). The van der Waals surface area contributed by atoms with Crippen molar-refractivity contribution in [2.75, 3.05) is 21.5 Å². The molecule has 1 fully saturated rings. The van der Waals surface area contributed by atoms with E-state index in [0.717, 1.165) is 12.0 Å². The lowest BCUT2D eigenvalue weighted by atomic mass is 10.1. The summed E-state index contributed by atoms with van der Waals surface area (Å²) in [5, 5.41) is 2.78. The van der Waals surface area contributed by atoms with Crippen molar-refractivity contribution in [2.24, 2.45) is 0 Å². The zero-order valence-electron chi connectivity index (χ0n) is 17.5. The minimum absolute atomic E-state index is 0.0345. The van der Waals surface area contributed by atoms with Crippen molar-refractivity contribution in [3.63, 3.8) is 0 Å². The molecular formula is C24H23N3O4S. The topological polar surface area (TPSA) is 95.6 Å². The molecule has 7 nitrogen and oxygen atoms in total. The Bertz CT molecular complexity index is 1250. The average Bonchev–Trinajstić information content (AvgIpc) is 3.21. The summed E-state index contributed by atoms with van der Waals surface area (Å²) in [5.74, 6) is -0.387. The van der Waals surface area contributed by atoms with Crippen molar-refractivity contribution >= 4 is 38.9 Å². The second-order valence-corrected chi connectivity index (χ2v) is 9.30. The summed E-state index contributed by atoms with van der Waals surface area (Å²) in [7, 11) is -3.94. The van der Waals surface area contributed by atoms with Gasteiger partial charge in [0.05, 0.1) is 16.1 Å². The third-order valence-corrected chi connectivity index (χ3v) is 6.64. The molecule has 164 valence electrons. The zero-order valence-corrected chi connectivity index (χ0v) is 18.4. The molecule has 3 aromatic rings. The van der Waals surface area contributed by atoms with Gasteiger partial charge in [0.25, 0.3) is 15.9 Å². The van der Waals surface area contributed by atoms with E-state index in [2.05, 4.69) is 10.0 Å². The van der Waals surface area contributed by atoms with Crippen LogP contribution in [0.4, 0.5) is 17.1 Å². The van der Waals surface area contributed by atoms with Crippen LogP contribution >= 0.6 is 0 Å². The van der Waals surface area contributed by atoms with Gasteiger partial charge in [-0.05, 0) is 61.9 Å². The summed E-state index contributed by atoms with van der Waals surface area (Å²) in [5.41, 5.74) is 2.73. The van der Waals surface area contributed by atoms with Crippen LogP contribution in [-0.4, -0.2) is 26.8 Å². The maximum absolute atomic E-state index is 12.9. The van der Waals surface area contributed by atoms with Gasteiger partial charge in [-0.1, -0.05) is 29.8 Å². The highest BCUT2D eigenvalue weighted by molar-refractivity contribution is 7.92. The van der Waals surface area contributed by atoms with Crippen LogP contribution in [0.15, 0.2) is 77.7 Å². The van der Waals surface area contributed by atoms with Crippen molar-refractivity contribution < 1.29 is 18.0 Å². The van der Waals surface area contributed by atoms with Gasteiger partial charge >= 0.3 is 0 Å². The molecule has 1 aliphatic rings. The van der Waals surface area contributed by atoms with Gasteiger partial charge < -0.3 is 10.2 Å². The molecule has 0 spiro atoms. The predicted octanol–water partition coefficient (Wildman–Crippen LogP) is 4.17. The largest absolute Gasteiger partial charge is 0.322 e. The summed E-state index contributed by atoms with van der Waals surface area (Å²) in [6.07, 6.45) is 1.30. The maximum Gasteiger partial charge on any atom is 0.261 e. The molecule has 2 N–H and O–H groups in total. The molecule has 0 atom stereocenters. The highest BCUT2D eigenvalue weighted by Crippen LogP contribution is 2.25. The number of sulfonamides is 1. The normalized spacial score (nSPS) is 13.8. The summed E-state index contributed by atoms with van der Waals surface area (Å²) in [6, 6.07) is 19.9. The first-order chi connectivity index (χ1) is 15.3. The van der Waals surface area contributed by atoms with Gasteiger partial charge in [-0.3, -0.25) is 14.3 Å². The quantitative estimate of drug-likeness (QED) is 0.590. The van der Waals surface area contributed by atoms with E-state index in [9.17, 15) is 18.0 Å². The molecule has 0 aromatic heterocycles. The number of para-hydroxylation sites is 1. The van der Waals surface area contributed by atoms with Gasteiger partial charge in [0.15, 0.2) is 0 Å². The number of rotatable bonds is 6. The van der Waals surface area contributed by atoms with Crippen molar-refractivity contribution in [2.45, 2.75) is 24.7 Å². The Kier molecular flexibility index (Phi) is 5.96. The lowest BCUT2D eigenvalue weighted by Crippen LogP contribution is -2.23. The molecule has 3 aromatic carbocycles. The number of nitrogens with zero attached hydrogens (tertiary/aromatic N) is 1. The van der Waals surface area contributed by atoms with Gasteiger partial charge in [-0.2, -0.15) is 0 Å². The van der Waals surface area contributed by atoms with E-state index in [4.69, 9.17) is 0 Å². The smallest absolute Gasteiger partial charge is 0.261 e. The van der Waals surface area contributed by atoms with E-state index in [1.54, 1.807) is 53.4 Å². The maximum atomic E-state index is 12.9. The van der Waals surface area contributed by atoms with Crippen LogP contribution < -0.4 is 14.9 Å². The summed E-state index contributed by atoms with van der Waals surface area (Å²) < 4.78 is 28.4. The Labute approximate surface area is 187 Å². The van der Waals surface area contributed by atoms with Crippen LogP contribution in [0.2, 0.25) is 0 Å². The molecule has 0 saturated carbocycles. The number of anilines is 3. The molecule has 0 radical (unpaired) electrons. The Morgan fingerprint density at radius 3 is 2.28 bits per heavy atom. The molecule has 0 unspecified atom stereocenters. The molecule has 1 saturated heterocycles. The first-order valence-electron chi connectivity index (χ1n) is 10.2. The van der Waals surface area contributed by atoms with Crippen LogP contribution in [0.25, 0.3) is 0 Å². The Morgan fingerprint density at radius 2 is 1.62 bits per heavy atom. The van der Waals surface area contributed by atoms with Gasteiger partial charge in [0, 0.05) is 24.3 Å². The first kappa shape index (κ1) is 21.6. The number of hydrogen-bond donors (Lipinski definition) is 2. The monoisotopic (exact) mass is 449 g/mol. The number of aryl methyl sites for hydroxylation is 1. The third-order valence-electron chi connectivity index (χ3n) is 5.26. The molecular weight excluding hydrogens is 426 g/mol. The van der Waals surface area contributed by atoms with Crippen LogP contribution in [0.1, 0.15) is 28.8 Å². The van der Waals surface area contributed by atoms with Crippen LogP contribution in [0.3, 0.4) is 0 Å². The van der Waals surface area contributed by atoms with E-state index in [0.29, 0.717) is 24.3 Å².